The van der Waals surface area contributed by atoms with E-state index in [9.17, 15) is 22.8 Å². The third-order valence-electron chi connectivity index (χ3n) is 13.7. The first-order valence-corrected chi connectivity index (χ1v) is 31.5. The van der Waals surface area contributed by atoms with E-state index >= 15 is 0 Å². The number of rotatable bonds is 56. The Hall–Kier alpha value is -1.76. The van der Waals surface area contributed by atoms with Crippen LogP contribution in [0.15, 0.2) is 0 Å². The number of ether oxygens (including phenoxy) is 3. The molecule has 0 aliphatic rings. The minimum absolute atomic E-state index is 0.0273. The first-order valence-electron chi connectivity index (χ1n) is 29.8. The van der Waals surface area contributed by atoms with Gasteiger partial charge in [-0.2, -0.15) is 0 Å². The van der Waals surface area contributed by atoms with Crippen molar-refractivity contribution in [1.29, 1.82) is 0 Å². The van der Waals surface area contributed by atoms with Gasteiger partial charge in [-0.15, -0.1) is 0 Å². The quantitative estimate of drug-likeness (QED) is 0.0344. The Balaban J connectivity index is 5.38. The first-order chi connectivity index (χ1) is 34.0. The summed E-state index contributed by atoms with van der Waals surface area (Å²) >= 11 is 0. The lowest BCUT2D eigenvalue weighted by molar-refractivity contribution is -0.157. The van der Waals surface area contributed by atoms with Crippen molar-refractivity contribution in [3.63, 3.8) is 0 Å². The summed E-state index contributed by atoms with van der Waals surface area (Å²) in [5.74, 6) is -1.37. The Morgan fingerprint density at radius 2 is 0.629 bits per heavy atom. The fourth-order valence-electron chi connectivity index (χ4n) is 8.96. The average Bonchev–Trinajstić information content (AvgIpc) is 3.33. The Morgan fingerprint density at radius 3 is 0.871 bits per heavy atom. The van der Waals surface area contributed by atoms with Crippen LogP contribution in [0.1, 0.15) is 290 Å². The van der Waals surface area contributed by atoms with Gasteiger partial charge in [0.25, 0.3) is 0 Å². The molecule has 0 heterocycles. The average molecular weight is 1010 g/mol. The molecule has 416 valence electrons. The van der Waals surface area contributed by atoms with Crippen LogP contribution in [0.2, 0.25) is 0 Å². The highest BCUT2D eigenvalue weighted by molar-refractivity contribution is 7.89. The number of unbranched alkanes of at least 4 members (excludes halogenated alkanes) is 36. The third-order valence-corrected chi connectivity index (χ3v) is 15.1. The second-order valence-corrected chi connectivity index (χ2v) is 23.1. The van der Waals surface area contributed by atoms with E-state index in [4.69, 9.17) is 14.2 Å². The molecule has 11 nitrogen and oxygen atoms in total. The molecule has 2 N–H and O–H groups in total. The fraction of sp³-hybridized carbons (Fsp3) is 0.948. The van der Waals surface area contributed by atoms with Crippen LogP contribution in [0.3, 0.4) is 0 Å². The van der Waals surface area contributed by atoms with Gasteiger partial charge in [0.15, 0.2) is 0 Å². The predicted molar refractivity (Wildman–Crippen MR) is 295 cm³/mol. The molecule has 0 saturated carbocycles. The maximum Gasteiger partial charge on any atom is 0.305 e. The maximum absolute atomic E-state index is 13.2. The molecular weight excluding hydrogens is 899 g/mol. The van der Waals surface area contributed by atoms with Crippen molar-refractivity contribution in [3.8, 4) is 0 Å². The van der Waals surface area contributed by atoms with Crippen LogP contribution < -0.4 is 10.0 Å². The van der Waals surface area contributed by atoms with Crippen molar-refractivity contribution in [2.75, 3.05) is 59.3 Å². The standard InChI is InChI=1S/C58H115N3O8S/c1-6-9-12-15-18-21-24-27-30-33-36-39-42-45-55(62)67-52-58(59-49-51-70(65,66)60-48-50-61(4)5,53-68-56(63)46-43-40-37-34-31-28-25-22-19-16-13-10-7-2)54-69-57(64)47-44-41-38-35-32-29-26-23-20-17-14-11-8-3/h59-60H,6-54H2,1-5H3. The molecule has 0 radical (unpaired) electrons. The second-order valence-electron chi connectivity index (χ2n) is 21.2. The maximum atomic E-state index is 13.2. The van der Waals surface area contributed by atoms with Gasteiger partial charge < -0.3 is 24.4 Å². The smallest absolute Gasteiger partial charge is 0.305 e. The number of nitrogens with zero attached hydrogens (tertiary/aromatic N) is 1. The first kappa shape index (κ1) is 68.2. The van der Waals surface area contributed by atoms with E-state index in [1.807, 2.05) is 19.0 Å². The predicted octanol–water partition coefficient (Wildman–Crippen LogP) is 14.9. The summed E-state index contributed by atoms with van der Waals surface area (Å²) in [6.45, 7) is 6.88. The van der Waals surface area contributed by atoms with Gasteiger partial charge >= 0.3 is 17.9 Å². The Kier molecular flexibility index (Phi) is 49.5. The van der Waals surface area contributed by atoms with Crippen LogP contribution in [0.25, 0.3) is 0 Å². The van der Waals surface area contributed by atoms with E-state index in [-0.39, 0.29) is 75.8 Å². The van der Waals surface area contributed by atoms with Gasteiger partial charge in [-0.1, -0.05) is 252 Å². The molecule has 0 saturated heterocycles. The van der Waals surface area contributed by atoms with Crippen LogP contribution in [-0.2, 0) is 38.6 Å². The number of carbonyl (C=O) groups excluding carboxylic acids is 3. The summed E-state index contributed by atoms with van der Waals surface area (Å²) in [6.07, 6.45) is 47.9. The van der Waals surface area contributed by atoms with E-state index in [1.165, 1.54) is 193 Å². The highest BCUT2D eigenvalue weighted by atomic mass is 32.2. The van der Waals surface area contributed by atoms with Crippen LogP contribution in [-0.4, -0.2) is 96.1 Å². The third kappa shape index (κ3) is 48.5. The monoisotopic (exact) mass is 1010 g/mol. The van der Waals surface area contributed by atoms with E-state index < -0.39 is 15.6 Å². The number of sulfonamides is 1. The molecule has 0 aromatic carbocycles. The van der Waals surface area contributed by atoms with E-state index in [0.29, 0.717) is 6.54 Å². The van der Waals surface area contributed by atoms with Gasteiger partial charge in [0, 0.05) is 38.9 Å². The van der Waals surface area contributed by atoms with E-state index in [1.54, 1.807) is 0 Å². The molecule has 70 heavy (non-hydrogen) atoms. The topological polar surface area (TPSA) is 140 Å². The van der Waals surface area contributed by atoms with Gasteiger partial charge in [-0.25, -0.2) is 13.1 Å². The summed E-state index contributed by atoms with van der Waals surface area (Å²) in [5.41, 5.74) is -1.32. The minimum atomic E-state index is -3.65. The number of esters is 3. The lowest BCUT2D eigenvalue weighted by Gasteiger charge is -2.33. The lowest BCUT2D eigenvalue weighted by Crippen LogP contribution is -2.58. The summed E-state index contributed by atoms with van der Waals surface area (Å²) in [4.78, 5) is 41.5. The molecule has 0 fully saturated rings. The Bertz CT molecular complexity index is 1170. The van der Waals surface area contributed by atoms with Crippen LogP contribution in [0.4, 0.5) is 0 Å². The Morgan fingerprint density at radius 1 is 0.386 bits per heavy atom. The molecule has 0 aliphatic heterocycles. The molecule has 0 bridgehead atoms. The second kappa shape index (κ2) is 50.8. The number of hydrogen-bond donors (Lipinski definition) is 2. The molecule has 12 heteroatoms. The van der Waals surface area contributed by atoms with E-state index in [2.05, 4.69) is 30.8 Å². The zero-order valence-electron chi connectivity index (χ0n) is 46.8. The molecule has 0 spiro atoms. The van der Waals surface area contributed by atoms with Crippen LogP contribution in [0.5, 0.6) is 0 Å². The number of likely N-dealkylation sites (N-methyl/N-ethyl adjacent to an activating group) is 1. The van der Waals surface area contributed by atoms with Crippen molar-refractivity contribution in [3.05, 3.63) is 0 Å². The number of hydrogen-bond acceptors (Lipinski definition) is 10. The van der Waals surface area contributed by atoms with Crippen molar-refractivity contribution in [1.82, 2.24) is 14.9 Å². The largest absolute Gasteiger partial charge is 0.463 e. The molecule has 0 aromatic rings. The van der Waals surface area contributed by atoms with Crippen molar-refractivity contribution in [2.24, 2.45) is 0 Å². The summed E-state index contributed by atoms with van der Waals surface area (Å²) in [7, 11) is 0.109. The van der Waals surface area contributed by atoms with Gasteiger partial charge in [0.05, 0.1) is 5.75 Å². The highest BCUT2D eigenvalue weighted by Gasteiger charge is 2.36. The molecule has 0 aromatic heterocycles. The SMILES string of the molecule is CCCCCCCCCCCCCCCC(=O)OCC(COC(=O)CCCCCCCCCCCCCCC)(COC(=O)CCCCCCCCCCCCCCC)NCCS(=O)(=O)NCCN(C)C. The summed E-state index contributed by atoms with van der Waals surface area (Å²) < 4.78 is 46.2. The van der Waals surface area contributed by atoms with E-state index in [0.717, 1.165) is 57.8 Å². The van der Waals surface area contributed by atoms with Gasteiger partial charge in [-0.05, 0) is 33.4 Å². The Labute approximate surface area is 433 Å². The molecular formula is C58H115N3O8S. The van der Waals surface area contributed by atoms with Crippen LogP contribution >= 0.6 is 0 Å². The van der Waals surface area contributed by atoms with Crippen LogP contribution in [0, 0.1) is 0 Å². The highest BCUT2D eigenvalue weighted by Crippen LogP contribution is 2.18. The normalized spacial score (nSPS) is 12.0. The lowest BCUT2D eigenvalue weighted by atomic mass is 10.0. The summed E-state index contributed by atoms with van der Waals surface area (Å²) in [5, 5.41) is 3.25. The van der Waals surface area contributed by atoms with Crippen molar-refractivity contribution >= 4 is 27.9 Å². The fourth-order valence-corrected chi connectivity index (χ4v) is 9.88. The zero-order valence-corrected chi connectivity index (χ0v) is 47.6. The molecule has 0 aliphatic carbocycles. The molecule has 0 rings (SSSR count). The molecule has 0 atom stereocenters. The number of nitrogens with one attached hydrogen (secondary N) is 2. The van der Waals surface area contributed by atoms with Gasteiger partial charge in [0.1, 0.15) is 25.4 Å². The molecule has 0 unspecified atom stereocenters. The zero-order chi connectivity index (χ0) is 51.5. The van der Waals surface area contributed by atoms with Crippen molar-refractivity contribution in [2.45, 2.75) is 296 Å². The summed E-state index contributed by atoms with van der Waals surface area (Å²) in [6, 6.07) is 0. The number of carbonyl (C=O) groups is 3. The van der Waals surface area contributed by atoms with Gasteiger partial charge in [-0.3, -0.25) is 14.4 Å². The van der Waals surface area contributed by atoms with Gasteiger partial charge in [0.2, 0.25) is 10.0 Å². The minimum Gasteiger partial charge on any atom is -0.463 e. The van der Waals surface area contributed by atoms with Crippen molar-refractivity contribution < 1.29 is 37.0 Å². The molecule has 0 amide bonds.